The van der Waals surface area contributed by atoms with Gasteiger partial charge in [-0.3, -0.25) is 0 Å². The van der Waals surface area contributed by atoms with E-state index in [0.717, 1.165) is 22.9 Å². The molecule has 1 aromatic carbocycles. The number of methoxy groups -OCH3 is 1. The van der Waals surface area contributed by atoms with E-state index in [1.54, 1.807) is 13.2 Å². The average molecular weight is 326 g/mol. The molecule has 1 aliphatic carbocycles. The Hall–Kier alpha value is -1.32. The van der Waals surface area contributed by atoms with Crippen LogP contribution in [0.5, 0.6) is 11.5 Å². The average Bonchev–Trinajstić information content (AvgIpc) is 2.89. The Morgan fingerprint density at radius 1 is 1.42 bits per heavy atom. The SMILES string of the molecule is COc1c(Br)cc(CN=C=O)cc1OC1CCCC1. The molecule has 5 heteroatoms. The van der Waals surface area contributed by atoms with Crippen LogP contribution in [0.25, 0.3) is 0 Å². The number of nitrogens with zero attached hydrogens (tertiary/aromatic N) is 1. The van der Waals surface area contributed by atoms with Crippen LogP contribution >= 0.6 is 15.9 Å². The third-order valence-electron chi connectivity index (χ3n) is 3.20. The maximum absolute atomic E-state index is 10.2. The summed E-state index contributed by atoms with van der Waals surface area (Å²) >= 11 is 3.45. The Morgan fingerprint density at radius 3 is 2.79 bits per heavy atom. The van der Waals surface area contributed by atoms with Crippen LogP contribution in [0.1, 0.15) is 31.2 Å². The van der Waals surface area contributed by atoms with Crippen LogP contribution in [-0.4, -0.2) is 19.3 Å². The molecule has 2 rings (SSSR count). The summed E-state index contributed by atoms with van der Waals surface area (Å²) in [5.74, 6) is 1.39. The molecule has 0 amide bonds. The third-order valence-corrected chi connectivity index (χ3v) is 3.78. The lowest BCUT2D eigenvalue weighted by atomic mass is 10.2. The topological polar surface area (TPSA) is 47.9 Å². The first kappa shape index (κ1) is 14.1. The van der Waals surface area contributed by atoms with Crippen molar-refractivity contribution < 1.29 is 14.3 Å². The molecule has 0 N–H and O–H groups in total. The van der Waals surface area contributed by atoms with Crippen molar-refractivity contribution in [2.24, 2.45) is 4.99 Å². The summed E-state index contributed by atoms with van der Waals surface area (Å²) in [7, 11) is 1.62. The molecule has 1 saturated carbocycles. The van der Waals surface area contributed by atoms with Crippen molar-refractivity contribution in [3.8, 4) is 11.5 Å². The molecule has 0 heterocycles. The standard InChI is InChI=1S/C14H16BrNO3/c1-18-14-12(15)6-10(8-16-9-17)7-13(14)19-11-4-2-3-5-11/h6-7,11H,2-5,8H2,1H3. The smallest absolute Gasteiger partial charge is 0.235 e. The Balaban J connectivity index is 2.26. The molecule has 0 spiro atoms. The van der Waals surface area contributed by atoms with E-state index in [2.05, 4.69) is 20.9 Å². The van der Waals surface area contributed by atoms with Gasteiger partial charge in [0.2, 0.25) is 6.08 Å². The highest BCUT2D eigenvalue weighted by atomic mass is 79.9. The summed E-state index contributed by atoms with van der Waals surface area (Å²) in [6.45, 7) is 0.299. The van der Waals surface area contributed by atoms with Gasteiger partial charge in [-0.1, -0.05) is 0 Å². The van der Waals surface area contributed by atoms with E-state index in [9.17, 15) is 4.79 Å². The van der Waals surface area contributed by atoms with E-state index in [0.29, 0.717) is 18.0 Å². The van der Waals surface area contributed by atoms with Gasteiger partial charge in [0, 0.05) is 0 Å². The number of hydrogen-bond donors (Lipinski definition) is 0. The lowest BCUT2D eigenvalue weighted by Crippen LogP contribution is -2.12. The van der Waals surface area contributed by atoms with Gasteiger partial charge in [0.05, 0.1) is 24.2 Å². The number of aliphatic imine (C=N–C) groups is 1. The summed E-state index contributed by atoms with van der Waals surface area (Å²) in [5.41, 5.74) is 0.893. The van der Waals surface area contributed by atoms with Gasteiger partial charge < -0.3 is 9.47 Å². The molecule has 1 fully saturated rings. The van der Waals surface area contributed by atoms with Gasteiger partial charge in [-0.05, 0) is 59.3 Å². The van der Waals surface area contributed by atoms with Gasteiger partial charge in [-0.25, -0.2) is 9.79 Å². The minimum absolute atomic E-state index is 0.255. The molecule has 0 radical (unpaired) electrons. The highest BCUT2D eigenvalue weighted by molar-refractivity contribution is 9.10. The number of halogens is 1. The van der Waals surface area contributed by atoms with E-state index < -0.39 is 0 Å². The van der Waals surface area contributed by atoms with Gasteiger partial charge in [-0.15, -0.1) is 0 Å². The Morgan fingerprint density at radius 2 is 2.16 bits per heavy atom. The summed E-state index contributed by atoms with van der Waals surface area (Å²) in [4.78, 5) is 13.8. The molecule has 0 aromatic heterocycles. The lowest BCUT2D eigenvalue weighted by molar-refractivity contribution is 0.200. The largest absolute Gasteiger partial charge is 0.492 e. The number of hydrogen-bond acceptors (Lipinski definition) is 4. The molecular weight excluding hydrogens is 310 g/mol. The molecule has 0 aliphatic heterocycles. The summed E-state index contributed by atoms with van der Waals surface area (Å²) < 4.78 is 12.2. The number of ether oxygens (including phenoxy) is 2. The molecule has 0 saturated heterocycles. The van der Waals surface area contributed by atoms with Crippen LogP contribution in [0.3, 0.4) is 0 Å². The molecule has 1 aliphatic rings. The molecule has 0 unspecified atom stereocenters. The predicted octanol–water partition coefficient (Wildman–Crippen LogP) is 3.61. The molecular formula is C14H16BrNO3. The van der Waals surface area contributed by atoms with Crippen molar-refractivity contribution in [2.45, 2.75) is 38.3 Å². The first-order valence-corrected chi connectivity index (χ1v) is 7.10. The molecule has 102 valence electrons. The molecule has 0 atom stereocenters. The van der Waals surface area contributed by atoms with Crippen LogP contribution < -0.4 is 9.47 Å². The van der Waals surface area contributed by atoms with Crippen LogP contribution in [0.15, 0.2) is 21.6 Å². The number of benzene rings is 1. The fourth-order valence-corrected chi connectivity index (χ4v) is 2.96. The van der Waals surface area contributed by atoms with E-state index in [-0.39, 0.29) is 6.10 Å². The number of rotatable bonds is 5. The quantitative estimate of drug-likeness (QED) is 0.613. The molecule has 1 aromatic rings. The minimum Gasteiger partial charge on any atom is -0.492 e. The van der Waals surface area contributed by atoms with Crippen molar-refractivity contribution in [3.05, 3.63) is 22.2 Å². The first-order valence-electron chi connectivity index (χ1n) is 6.31. The predicted molar refractivity (Wildman–Crippen MR) is 75.4 cm³/mol. The zero-order valence-corrected chi connectivity index (χ0v) is 12.4. The second-order valence-electron chi connectivity index (χ2n) is 4.54. The number of carbonyl (C=O) groups excluding carboxylic acids is 1. The van der Waals surface area contributed by atoms with E-state index >= 15 is 0 Å². The molecule has 4 nitrogen and oxygen atoms in total. The van der Waals surface area contributed by atoms with Gasteiger partial charge in [0.25, 0.3) is 0 Å². The van der Waals surface area contributed by atoms with Gasteiger partial charge in [-0.2, -0.15) is 0 Å². The highest BCUT2D eigenvalue weighted by Crippen LogP contribution is 2.38. The van der Waals surface area contributed by atoms with E-state index in [1.165, 1.54) is 12.8 Å². The number of isocyanates is 1. The van der Waals surface area contributed by atoms with Gasteiger partial charge in [0.15, 0.2) is 11.5 Å². The maximum Gasteiger partial charge on any atom is 0.235 e. The zero-order valence-electron chi connectivity index (χ0n) is 10.8. The van der Waals surface area contributed by atoms with Crippen LogP contribution in [0.4, 0.5) is 0 Å². The van der Waals surface area contributed by atoms with Crippen molar-refractivity contribution in [3.63, 3.8) is 0 Å². The molecule has 19 heavy (non-hydrogen) atoms. The Labute approximate surface area is 120 Å². The van der Waals surface area contributed by atoms with E-state index in [1.807, 2.05) is 12.1 Å². The fraction of sp³-hybridized carbons (Fsp3) is 0.500. The fourth-order valence-electron chi connectivity index (χ4n) is 2.31. The van der Waals surface area contributed by atoms with Crippen molar-refractivity contribution >= 4 is 22.0 Å². The summed E-state index contributed by atoms with van der Waals surface area (Å²) in [5, 5.41) is 0. The summed E-state index contributed by atoms with van der Waals surface area (Å²) in [6.07, 6.45) is 6.38. The normalized spacial score (nSPS) is 15.1. The zero-order chi connectivity index (χ0) is 13.7. The minimum atomic E-state index is 0.255. The first-order chi connectivity index (χ1) is 9.24. The van der Waals surface area contributed by atoms with Crippen molar-refractivity contribution in [1.82, 2.24) is 0 Å². The maximum atomic E-state index is 10.2. The van der Waals surface area contributed by atoms with Gasteiger partial charge >= 0.3 is 0 Å². The Bertz CT molecular complexity index is 492. The molecule has 0 bridgehead atoms. The van der Waals surface area contributed by atoms with Crippen LogP contribution in [-0.2, 0) is 11.3 Å². The highest BCUT2D eigenvalue weighted by Gasteiger charge is 2.20. The lowest BCUT2D eigenvalue weighted by Gasteiger charge is -2.17. The summed E-state index contributed by atoms with van der Waals surface area (Å²) in [6, 6.07) is 3.75. The van der Waals surface area contributed by atoms with Crippen molar-refractivity contribution in [2.75, 3.05) is 7.11 Å². The second-order valence-corrected chi connectivity index (χ2v) is 5.40. The monoisotopic (exact) mass is 325 g/mol. The van der Waals surface area contributed by atoms with Crippen LogP contribution in [0, 0.1) is 0 Å². The second kappa shape index (κ2) is 6.73. The third kappa shape index (κ3) is 3.58. The van der Waals surface area contributed by atoms with Crippen LogP contribution in [0.2, 0.25) is 0 Å². The van der Waals surface area contributed by atoms with Crippen molar-refractivity contribution in [1.29, 1.82) is 0 Å². The Kier molecular flexibility index (Phi) is 5.00. The van der Waals surface area contributed by atoms with E-state index in [4.69, 9.17) is 9.47 Å². The van der Waals surface area contributed by atoms with Gasteiger partial charge in [0.1, 0.15) is 0 Å².